The minimum Gasteiger partial charge on any atom is -0.467 e. The van der Waals surface area contributed by atoms with E-state index in [1.54, 1.807) is 23.1 Å². The smallest absolute Gasteiger partial charge is 0.328 e. The predicted molar refractivity (Wildman–Crippen MR) is 76.8 cm³/mol. The highest BCUT2D eigenvalue weighted by Crippen LogP contribution is 2.33. The number of carbonyl (C=O) groups is 2. The molecule has 2 unspecified atom stereocenters. The quantitative estimate of drug-likeness (QED) is 0.805. The Morgan fingerprint density at radius 3 is 2.70 bits per heavy atom. The number of hydrogen-bond acceptors (Lipinski definition) is 3. The summed E-state index contributed by atoms with van der Waals surface area (Å²) in [5.74, 6) is -0.443. The van der Waals surface area contributed by atoms with Crippen LogP contribution in [0.5, 0.6) is 0 Å². The maximum absolute atomic E-state index is 12.0. The average molecular weight is 316 g/mol. The molecule has 2 atom stereocenters. The number of likely N-dealkylation sites (tertiary alicyclic amines) is 1. The fraction of sp³-hybridized carbons (Fsp3) is 0.429. The fourth-order valence-electron chi connectivity index (χ4n) is 2.49. The molecule has 0 aromatic heterocycles. The largest absolute Gasteiger partial charge is 0.467 e. The SMILES string of the molecule is COC(=O)C1CCC(=O)N1C(C)c1ccc(Cl)c(Cl)c1. The van der Waals surface area contributed by atoms with Gasteiger partial charge in [-0.2, -0.15) is 0 Å². The van der Waals surface area contributed by atoms with Crippen molar-refractivity contribution in [1.82, 2.24) is 4.90 Å². The lowest BCUT2D eigenvalue weighted by molar-refractivity contribution is -0.150. The Labute approximate surface area is 127 Å². The first-order valence-corrected chi connectivity index (χ1v) is 7.05. The molecule has 1 aliphatic rings. The van der Waals surface area contributed by atoms with Gasteiger partial charge in [0.2, 0.25) is 5.91 Å². The first kappa shape index (κ1) is 15.1. The van der Waals surface area contributed by atoms with Crippen LogP contribution in [0, 0.1) is 0 Å². The van der Waals surface area contributed by atoms with Gasteiger partial charge >= 0.3 is 5.97 Å². The van der Waals surface area contributed by atoms with E-state index in [1.807, 2.05) is 6.92 Å². The van der Waals surface area contributed by atoms with E-state index in [-0.39, 0.29) is 17.9 Å². The van der Waals surface area contributed by atoms with Gasteiger partial charge in [0.05, 0.1) is 23.2 Å². The number of hydrogen-bond donors (Lipinski definition) is 0. The Hall–Kier alpha value is -1.26. The molecule has 0 saturated carbocycles. The van der Waals surface area contributed by atoms with Gasteiger partial charge < -0.3 is 9.64 Å². The molecular weight excluding hydrogens is 301 g/mol. The Bertz CT molecular complexity index is 547. The molecule has 0 aliphatic carbocycles. The fourth-order valence-corrected chi connectivity index (χ4v) is 2.79. The molecule has 0 radical (unpaired) electrons. The van der Waals surface area contributed by atoms with Crippen LogP contribution in [0.1, 0.15) is 31.4 Å². The summed E-state index contributed by atoms with van der Waals surface area (Å²) in [4.78, 5) is 25.4. The van der Waals surface area contributed by atoms with Gasteiger partial charge in [0.15, 0.2) is 0 Å². The normalized spacial score (nSPS) is 20.1. The van der Waals surface area contributed by atoms with E-state index < -0.39 is 6.04 Å². The molecule has 4 nitrogen and oxygen atoms in total. The van der Waals surface area contributed by atoms with Crippen LogP contribution in [0.4, 0.5) is 0 Å². The number of amides is 1. The maximum atomic E-state index is 12.0. The summed E-state index contributed by atoms with van der Waals surface area (Å²) >= 11 is 11.9. The molecule has 0 N–H and O–H groups in total. The highest BCUT2D eigenvalue weighted by Gasteiger charge is 2.39. The predicted octanol–water partition coefficient (Wildman–Crippen LogP) is 3.22. The van der Waals surface area contributed by atoms with E-state index in [4.69, 9.17) is 27.9 Å². The molecule has 0 spiro atoms. The van der Waals surface area contributed by atoms with Crippen molar-refractivity contribution in [2.24, 2.45) is 0 Å². The molecule has 1 aliphatic heterocycles. The number of esters is 1. The Morgan fingerprint density at radius 1 is 1.40 bits per heavy atom. The summed E-state index contributed by atoms with van der Waals surface area (Å²) in [5, 5.41) is 0.886. The van der Waals surface area contributed by atoms with Gasteiger partial charge in [0, 0.05) is 6.42 Å². The van der Waals surface area contributed by atoms with Gasteiger partial charge in [0.1, 0.15) is 6.04 Å². The summed E-state index contributed by atoms with van der Waals surface area (Å²) in [6.45, 7) is 1.86. The van der Waals surface area contributed by atoms with Crippen LogP contribution >= 0.6 is 23.2 Å². The Balaban J connectivity index is 2.29. The third-order valence-corrected chi connectivity index (χ3v) is 4.31. The highest BCUT2D eigenvalue weighted by molar-refractivity contribution is 6.42. The molecule has 1 fully saturated rings. The van der Waals surface area contributed by atoms with E-state index in [0.717, 1.165) is 5.56 Å². The standard InChI is InChI=1S/C14H15Cl2NO3/c1-8(9-3-4-10(15)11(16)7-9)17-12(14(19)20-2)5-6-13(17)18/h3-4,7-8,12H,5-6H2,1-2H3. The van der Waals surface area contributed by atoms with Gasteiger partial charge in [-0.05, 0) is 31.0 Å². The van der Waals surface area contributed by atoms with Crippen LogP contribution in [0.15, 0.2) is 18.2 Å². The van der Waals surface area contributed by atoms with Gasteiger partial charge in [-0.3, -0.25) is 4.79 Å². The average Bonchev–Trinajstić information content (AvgIpc) is 2.82. The van der Waals surface area contributed by atoms with E-state index in [0.29, 0.717) is 22.9 Å². The second kappa shape index (κ2) is 6.02. The van der Waals surface area contributed by atoms with Crippen LogP contribution < -0.4 is 0 Å². The molecule has 2 rings (SSSR count). The second-order valence-electron chi connectivity index (χ2n) is 4.73. The molecule has 1 aromatic carbocycles. The van der Waals surface area contributed by atoms with Crippen molar-refractivity contribution in [1.29, 1.82) is 0 Å². The lowest BCUT2D eigenvalue weighted by Gasteiger charge is -2.29. The lowest BCUT2D eigenvalue weighted by atomic mass is 10.1. The monoisotopic (exact) mass is 315 g/mol. The number of methoxy groups -OCH3 is 1. The molecule has 1 saturated heterocycles. The summed E-state index contributed by atoms with van der Waals surface area (Å²) in [6.07, 6.45) is 0.836. The first-order valence-electron chi connectivity index (χ1n) is 6.29. The highest BCUT2D eigenvalue weighted by atomic mass is 35.5. The topological polar surface area (TPSA) is 46.6 Å². The molecular formula is C14H15Cl2NO3. The van der Waals surface area contributed by atoms with E-state index >= 15 is 0 Å². The number of benzene rings is 1. The number of ether oxygens (including phenoxy) is 1. The van der Waals surface area contributed by atoms with Gasteiger partial charge in [-0.25, -0.2) is 4.79 Å². The van der Waals surface area contributed by atoms with Gasteiger partial charge in [0.25, 0.3) is 0 Å². The van der Waals surface area contributed by atoms with Crippen LogP contribution in [-0.4, -0.2) is 29.9 Å². The van der Waals surface area contributed by atoms with Crippen LogP contribution in [0.3, 0.4) is 0 Å². The molecule has 20 heavy (non-hydrogen) atoms. The van der Waals surface area contributed by atoms with Crippen molar-refractivity contribution in [2.45, 2.75) is 31.8 Å². The summed E-state index contributed by atoms with van der Waals surface area (Å²) in [5.41, 5.74) is 0.837. The van der Waals surface area contributed by atoms with Crippen LogP contribution in [0.25, 0.3) is 0 Å². The van der Waals surface area contributed by atoms with Gasteiger partial charge in [-0.1, -0.05) is 29.3 Å². The molecule has 1 aromatic rings. The lowest BCUT2D eigenvalue weighted by Crippen LogP contribution is -2.40. The summed E-state index contributed by atoms with van der Waals surface area (Å²) < 4.78 is 4.76. The molecule has 1 amide bonds. The molecule has 108 valence electrons. The zero-order valence-electron chi connectivity index (χ0n) is 11.2. The number of halogens is 2. The minimum atomic E-state index is -0.531. The van der Waals surface area contributed by atoms with Crippen molar-refractivity contribution in [3.05, 3.63) is 33.8 Å². The summed E-state index contributed by atoms with van der Waals surface area (Å²) in [6, 6.07) is 4.41. The van der Waals surface area contributed by atoms with Crippen molar-refractivity contribution in [2.75, 3.05) is 7.11 Å². The molecule has 6 heteroatoms. The van der Waals surface area contributed by atoms with Crippen LogP contribution in [-0.2, 0) is 14.3 Å². The zero-order valence-corrected chi connectivity index (χ0v) is 12.7. The third-order valence-electron chi connectivity index (χ3n) is 3.57. The van der Waals surface area contributed by atoms with Crippen LogP contribution in [0.2, 0.25) is 10.0 Å². The maximum Gasteiger partial charge on any atom is 0.328 e. The second-order valence-corrected chi connectivity index (χ2v) is 5.54. The minimum absolute atomic E-state index is 0.0565. The third kappa shape index (κ3) is 2.76. The van der Waals surface area contributed by atoms with Crippen molar-refractivity contribution < 1.29 is 14.3 Å². The van der Waals surface area contributed by atoms with Gasteiger partial charge in [-0.15, -0.1) is 0 Å². The van der Waals surface area contributed by atoms with Crippen molar-refractivity contribution in [3.63, 3.8) is 0 Å². The Morgan fingerprint density at radius 2 is 2.10 bits per heavy atom. The van der Waals surface area contributed by atoms with Crippen molar-refractivity contribution in [3.8, 4) is 0 Å². The summed E-state index contributed by atoms with van der Waals surface area (Å²) in [7, 11) is 1.33. The number of nitrogens with zero attached hydrogens (tertiary/aromatic N) is 1. The van der Waals surface area contributed by atoms with E-state index in [1.165, 1.54) is 7.11 Å². The van der Waals surface area contributed by atoms with Crippen molar-refractivity contribution >= 4 is 35.1 Å². The Kier molecular flexibility index (Phi) is 4.55. The van der Waals surface area contributed by atoms with E-state index in [9.17, 15) is 9.59 Å². The molecule has 0 bridgehead atoms. The van der Waals surface area contributed by atoms with E-state index in [2.05, 4.69) is 0 Å². The number of carbonyl (C=O) groups excluding carboxylic acids is 2. The first-order chi connectivity index (χ1) is 9.45. The number of rotatable bonds is 3. The molecule has 1 heterocycles. The zero-order chi connectivity index (χ0) is 14.9.